The third-order valence-electron chi connectivity index (χ3n) is 5.62. The fraction of sp³-hybridized carbons (Fsp3) is 0.625. The highest BCUT2D eigenvalue weighted by Gasteiger charge is 1.99. The standard InChI is InChI=1S/C32H51NO11/c33-31-8-4-5-9-32(31)44-29-27-42-25-23-40-21-19-38-17-15-36-13-11-34-10-12-35-14-16-37-18-20-39-22-24-41-26-28-43-30-6-2-1-3-7-30/h1-9H,10-29,33H2. The monoisotopic (exact) mass is 625 g/mol. The summed E-state index contributed by atoms with van der Waals surface area (Å²) in [6.07, 6.45) is 0. The molecule has 2 rings (SSSR count). The van der Waals surface area contributed by atoms with Crippen molar-refractivity contribution in [2.75, 3.05) is 138 Å². The van der Waals surface area contributed by atoms with Crippen molar-refractivity contribution in [3.63, 3.8) is 0 Å². The number of hydrogen-bond donors (Lipinski definition) is 1. The van der Waals surface area contributed by atoms with Gasteiger partial charge in [0.05, 0.1) is 125 Å². The third kappa shape index (κ3) is 22.9. The number of rotatable bonds is 32. The first kappa shape index (κ1) is 37.7. The van der Waals surface area contributed by atoms with Gasteiger partial charge in [0, 0.05) is 0 Å². The van der Waals surface area contributed by atoms with Gasteiger partial charge < -0.3 is 57.8 Å². The van der Waals surface area contributed by atoms with E-state index in [2.05, 4.69) is 0 Å². The largest absolute Gasteiger partial charge is 0.491 e. The fourth-order valence-corrected chi connectivity index (χ4v) is 3.42. The summed E-state index contributed by atoms with van der Waals surface area (Å²) in [6, 6.07) is 17.0. The molecule has 0 fully saturated rings. The van der Waals surface area contributed by atoms with Gasteiger partial charge in [0.25, 0.3) is 0 Å². The summed E-state index contributed by atoms with van der Waals surface area (Å²) in [5, 5.41) is 0. The second kappa shape index (κ2) is 29.2. The fourth-order valence-electron chi connectivity index (χ4n) is 3.42. The molecule has 0 bridgehead atoms. The molecule has 0 aliphatic heterocycles. The van der Waals surface area contributed by atoms with E-state index < -0.39 is 0 Å². The Bertz CT molecular complexity index is 878. The van der Waals surface area contributed by atoms with Crippen molar-refractivity contribution in [3.05, 3.63) is 54.6 Å². The normalized spacial score (nSPS) is 11.2. The summed E-state index contributed by atoms with van der Waals surface area (Å²) >= 11 is 0. The van der Waals surface area contributed by atoms with Gasteiger partial charge in [-0.2, -0.15) is 0 Å². The lowest BCUT2D eigenvalue weighted by atomic mass is 10.3. The maximum Gasteiger partial charge on any atom is 0.142 e. The van der Waals surface area contributed by atoms with Crippen LogP contribution in [0.25, 0.3) is 0 Å². The number of anilines is 1. The second-order valence-corrected chi connectivity index (χ2v) is 9.06. The van der Waals surface area contributed by atoms with E-state index in [4.69, 9.17) is 57.8 Å². The minimum Gasteiger partial charge on any atom is -0.491 e. The molecule has 2 aromatic rings. The first-order valence-corrected chi connectivity index (χ1v) is 15.2. The Labute approximate surface area is 261 Å². The molecule has 2 aromatic carbocycles. The Morgan fingerprint density at radius 2 is 0.614 bits per heavy atom. The first-order valence-electron chi connectivity index (χ1n) is 15.2. The number of benzene rings is 2. The van der Waals surface area contributed by atoms with Gasteiger partial charge in [0.15, 0.2) is 0 Å². The maximum atomic E-state index is 5.82. The molecule has 0 spiro atoms. The molecule has 0 aliphatic carbocycles. The Hall–Kier alpha value is -2.52. The highest BCUT2D eigenvalue weighted by molar-refractivity contribution is 5.51. The van der Waals surface area contributed by atoms with Crippen LogP contribution in [-0.4, -0.2) is 132 Å². The van der Waals surface area contributed by atoms with Crippen molar-refractivity contribution in [3.8, 4) is 11.5 Å². The van der Waals surface area contributed by atoms with Gasteiger partial charge >= 0.3 is 0 Å². The van der Waals surface area contributed by atoms with Crippen LogP contribution in [0.4, 0.5) is 5.69 Å². The highest BCUT2D eigenvalue weighted by atomic mass is 16.6. The molecule has 0 aliphatic rings. The highest BCUT2D eigenvalue weighted by Crippen LogP contribution is 2.19. The van der Waals surface area contributed by atoms with Crippen molar-refractivity contribution in [1.82, 2.24) is 0 Å². The van der Waals surface area contributed by atoms with Crippen LogP contribution < -0.4 is 15.2 Å². The molecule has 0 unspecified atom stereocenters. The molecule has 250 valence electrons. The Morgan fingerprint density at radius 1 is 0.318 bits per heavy atom. The summed E-state index contributed by atoms with van der Waals surface area (Å²) in [7, 11) is 0. The Morgan fingerprint density at radius 3 is 0.977 bits per heavy atom. The lowest BCUT2D eigenvalue weighted by Crippen LogP contribution is -2.15. The van der Waals surface area contributed by atoms with Crippen LogP contribution in [0.1, 0.15) is 0 Å². The zero-order valence-electron chi connectivity index (χ0n) is 25.9. The lowest BCUT2D eigenvalue weighted by Gasteiger charge is -2.10. The summed E-state index contributed by atoms with van der Waals surface area (Å²) in [6.45, 7) is 10.1. The van der Waals surface area contributed by atoms with Gasteiger partial charge in [0.2, 0.25) is 0 Å². The molecule has 0 radical (unpaired) electrons. The molecule has 0 aromatic heterocycles. The van der Waals surface area contributed by atoms with Gasteiger partial charge in [-0.1, -0.05) is 30.3 Å². The van der Waals surface area contributed by atoms with Gasteiger partial charge in [-0.3, -0.25) is 0 Å². The predicted octanol–water partition coefficient (Wildman–Crippen LogP) is 2.88. The van der Waals surface area contributed by atoms with E-state index in [1.54, 1.807) is 6.07 Å². The molecule has 0 heterocycles. The molecule has 0 saturated carbocycles. The number of para-hydroxylation sites is 3. The first-order chi connectivity index (χ1) is 21.9. The van der Waals surface area contributed by atoms with E-state index in [-0.39, 0.29) is 0 Å². The number of ether oxygens (including phenoxy) is 11. The number of nitrogens with two attached hydrogens (primary N) is 1. The smallest absolute Gasteiger partial charge is 0.142 e. The molecule has 44 heavy (non-hydrogen) atoms. The van der Waals surface area contributed by atoms with E-state index in [9.17, 15) is 0 Å². The van der Waals surface area contributed by atoms with E-state index >= 15 is 0 Å². The van der Waals surface area contributed by atoms with Crippen molar-refractivity contribution < 1.29 is 52.1 Å². The van der Waals surface area contributed by atoms with Gasteiger partial charge in [0.1, 0.15) is 24.7 Å². The molecular formula is C32H51NO11. The molecule has 0 atom stereocenters. The van der Waals surface area contributed by atoms with Gasteiger partial charge in [-0.15, -0.1) is 0 Å². The Balaban J connectivity index is 1.15. The number of nitrogen functional groups attached to an aromatic ring is 1. The average molecular weight is 626 g/mol. The number of hydrogen-bond acceptors (Lipinski definition) is 12. The van der Waals surface area contributed by atoms with Crippen LogP contribution in [0.5, 0.6) is 11.5 Å². The van der Waals surface area contributed by atoms with E-state index in [0.717, 1.165) is 5.75 Å². The molecule has 2 N–H and O–H groups in total. The van der Waals surface area contributed by atoms with Crippen LogP contribution in [-0.2, 0) is 42.6 Å². The quantitative estimate of drug-likeness (QED) is 0.0949. The minimum atomic E-state index is 0.439. The van der Waals surface area contributed by atoms with Crippen LogP contribution in [0.2, 0.25) is 0 Å². The van der Waals surface area contributed by atoms with Gasteiger partial charge in [-0.05, 0) is 24.3 Å². The van der Waals surface area contributed by atoms with E-state index in [1.807, 2.05) is 48.5 Å². The van der Waals surface area contributed by atoms with Crippen molar-refractivity contribution in [2.45, 2.75) is 0 Å². The van der Waals surface area contributed by atoms with Crippen molar-refractivity contribution in [1.29, 1.82) is 0 Å². The topological polar surface area (TPSA) is 128 Å². The van der Waals surface area contributed by atoms with Gasteiger partial charge in [-0.25, -0.2) is 0 Å². The maximum absolute atomic E-state index is 5.82. The second-order valence-electron chi connectivity index (χ2n) is 9.06. The van der Waals surface area contributed by atoms with Crippen molar-refractivity contribution >= 4 is 5.69 Å². The molecule has 0 amide bonds. The molecule has 12 heteroatoms. The lowest BCUT2D eigenvalue weighted by molar-refractivity contribution is -0.0257. The SMILES string of the molecule is Nc1ccccc1OCCOCCOCCOCCOCCOCCOCCOCCOCCOCCOc1ccccc1. The summed E-state index contributed by atoms with van der Waals surface area (Å²) < 4.78 is 60.4. The van der Waals surface area contributed by atoms with E-state index in [0.29, 0.717) is 144 Å². The van der Waals surface area contributed by atoms with Crippen LogP contribution >= 0.6 is 0 Å². The summed E-state index contributed by atoms with van der Waals surface area (Å²) in [5.41, 5.74) is 6.43. The summed E-state index contributed by atoms with van der Waals surface area (Å²) in [4.78, 5) is 0. The molecule has 0 saturated heterocycles. The molecule has 12 nitrogen and oxygen atoms in total. The van der Waals surface area contributed by atoms with Crippen LogP contribution in [0.15, 0.2) is 54.6 Å². The third-order valence-corrected chi connectivity index (χ3v) is 5.62. The summed E-state index contributed by atoms with van der Waals surface area (Å²) in [5.74, 6) is 1.51. The van der Waals surface area contributed by atoms with Crippen LogP contribution in [0, 0.1) is 0 Å². The van der Waals surface area contributed by atoms with E-state index in [1.165, 1.54) is 0 Å². The minimum absolute atomic E-state index is 0.439. The average Bonchev–Trinajstić information content (AvgIpc) is 3.05. The van der Waals surface area contributed by atoms with Crippen LogP contribution in [0.3, 0.4) is 0 Å². The predicted molar refractivity (Wildman–Crippen MR) is 166 cm³/mol. The zero-order valence-corrected chi connectivity index (χ0v) is 25.9. The zero-order chi connectivity index (χ0) is 31.0. The van der Waals surface area contributed by atoms with Crippen molar-refractivity contribution in [2.24, 2.45) is 0 Å². The molecular weight excluding hydrogens is 574 g/mol. The Kier molecular flexibility index (Phi) is 25.0.